The summed E-state index contributed by atoms with van der Waals surface area (Å²) in [4.78, 5) is 11.7. The van der Waals surface area contributed by atoms with Gasteiger partial charge >= 0.3 is 0 Å². The molecule has 0 saturated heterocycles. The van der Waals surface area contributed by atoms with Gasteiger partial charge in [-0.3, -0.25) is 4.79 Å². The molecule has 0 unspecified atom stereocenters. The highest BCUT2D eigenvalue weighted by atomic mass is 79.9. The van der Waals surface area contributed by atoms with Gasteiger partial charge in [0.15, 0.2) is 0 Å². The molecule has 0 aliphatic rings. The van der Waals surface area contributed by atoms with E-state index in [0.717, 1.165) is 27.2 Å². The van der Waals surface area contributed by atoms with E-state index < -0.39 is 0 Å². The molecule has 0 heterocycles. The summed E-state index contributed by atoms with van der Waals surface area (Å²) in [5, 5.41) is 6.69. The van der Waals surface area contributed by atoms with Crippen LogP contribution in [-0.2, 0) is 11.2 Å². The van der Waals surface area contributed by atoms with Crippen LogP contribution >= 0.6 is 27.5 Å². The van der Waals surface area contributed by atoms with Crippen LogP contribution in [0.2, 0.25) is 5.02 Å². The van der Waals surface area contributed by atoms with Gasteiger partial charge < -0.3 is 10.6 Å². The summed E-state index contributed by atoms with van der Waals surface area (Å²) in [7, 11) is 0. The predicted octanol–water partition coefficient (Wildman–Crippen LogP) is 3.87. The van der Waals surface area contributed by atoms with Crippen LogP contribution in [0.25, 0.3) is 0 Å². The number of carbonyl (C=O) groups excluding carboxylic acids is 1. The summed E-state index contributed by atoms with van der Waals surface area (Å²) in [5.41, 5.74) is 2.07. The van der Waals surface area contributed by atoms with Gasteiger partial charge in [-0.2, -0.15) is 0 Å². The third-order valence-electron chi connectivity index (χ3n) is 2.93. The second-order valence-electron chi connectivity index (χ2n) is 4.59. The van der Waals surface area contributed by atoms with Gasteiger partial charge in [-0.1, -0.05) is 45.7 Å². The first-order valence-corrected chi connectivity index (χ1v) is 7.81. The number of rotatable bonds is 6. The van der Waals surface area contributed by atoms with E-state index in [9.17, 15) is 4.79 Å². The third kappa shape index (κ3) is 5.78. The maximum Gasteiger partial charge on any atom is 0.239 e. The Morgan fingerprint density at radius 1 is 1.14 bits per heavy atom. The van der Waals surface area contributed by atoms with Crippen molar-refractivity contribution in [2.45, 2.75) is 6.42 Å². The van der Waals surface area contributed by atoms with E-state index in [2.05, 4.69) is 26.6 Å². The van der Waals surface area contributed by atoms with Crippen LogP contribution in [0.4, 0.5) is 5.69 Å². The number of halogens is 2. The minimum Gasteiger partial charge on any atom is -0.376 e. The fourth-order valence-corrected chi connectivity index (χ4v) is 2.37. The van der Waals surface area contributed by atoms with Crippen LogP contribution < -0.4 is 10.6 Å². The summed E-state index contributed by atoms with van der Waals surface area (Å²) >= 11 is 9.22. The van der Waals surface area contributed by atoms with E-state index in [1.54, 1.807) is 0 Å². The molecular weight excluding hydrogens is 352 g/mol. The van der Waals surface area contributed by atoms with E-state index in [1.165, 1.54) is 0 Å². The molecule has 2 aromatic carbocycles. The molecule has 5 heteroatoms. The Balaban J connectivity index is 1.69. The largest absolute Gasteiger partial charge is 0.376 e. The molecule has 0 radical (unpaired) electrons. The van der Waals surface area contributed by atoms with Gasteiger partial charge in [0.2, 0.25) is 5.91 Å². The van der Waals surface area contributed by atoms with Gasteiger partial charge in [-0.25, -0.2) is 0 Å². The molecule has 0 bridgehead atoms. The molecule has 2 N–H and O–H groups in total. The van der Waals surface area contributed by atoms with Gasteiger partial charge in [0.05, 0.1) is 6.54 Å². The first-order valence-electron chi connectivity index (χ1n) is 6.64. The minimum atomic E-state index is -0.0241. The SMILES string of the molecule is O=C(CNc1cccc(Br)c1)NCCc1ccc(Cl)cc1. The number of carbonyl (C=O) groups is 1. The van der Waals surface area contributed by atoms with Crippen molar-refractivity contribution in [3.63, 3.8) is 0 Å². The second kappa shape index (κ2) is 8.05. The number of benzene rings is 2. The quantitative estimate of drug-likeness (QED) is 0.813. The molecule has 21 heavy (non-hydrogen) atoms. The van der Waals surface area contributed by atoms with Crippen molar-refractivity contribution in [1.82, 2.24) is 5.32 Å². The topological polar surface area (TPSA) is 41.1 Å². The summed E-state index contributed by atoms with van der Waals surface area (Å²) in [6.45, 7) is 0.873. The van der Waals surface area contributed by atoms with Crippen LogP contribution in [0.5, 0.6) is 0 Å². The van der Waals surface area contributed by atoms with Crippen molar-refractivity contribution in [1.29, 1.82) is 0 Å². The summed E-state index contributed by atoms with van der Waals surface area (Å²) in [6.07, 6.45) is 0.791. The fraction of sp³-hybridized carbons (Fsp3) is 0.188. The van der Waals surface area contributed by atoms with Crippen LogP contribution in [0, 0.1) is 0 Å². The Morgan fingerprint density at radius 3 is 2.62 bits per heavy atom. The molecule has 110 valence electrons. The van der Waals surface area contributed by atoms with Crippen molar-refractivity contribution >= 4 is 39.1 Å². The number of hydrogen-bond acceptors (Lipinski definition) is 2. The summed E-state index contributed by atoms with van der Waals surface area (Å²) in [5.74, 6) is -0.0241. The van der Waals surface area contributed by atoms with Gasteiger partial charge in [0.25, 0.3) is 0 Å². The van der Waals surface area contributed by atoms with E-state index in [1.807, 2.05) is 48.5 Å². The van der Waals surface area contributed by atoms with Gasteiger partial charge in [-0.05, 0) is 42.3 Å². The smallest absolute Gasteiger partial charge is 0.239 e. The monoisotopic (exact) mass is 366 g/mol. The summed E-state index contributed by atoms with van der Waals surface area (Å²) in [6, 6.07) is 15.4. The lowest BCUT2D eigenvalue weighted by Gasteiger charge is -2.08. The molecule has 2 aromatic rings. The molecule has 3 nitrogen and oxygen atoms in total. The average molecular weight is 368 g/mol. The first kappa shape index (κ1) is 15.9. The highest BCUT2D eigenvalue weighted by Crippen LogP contribution is 2.15. The molecule has 0 aliphatic carbocycles. The van der Waals surface area contributed by atoms with Gasteiger partial charge in [-0.15, -0.1) is 0 Å². The standard InChI is InChI=1S/C16H16BrClN2O/c17-13-2-1-3-15(10-13)20-11-16(21)19-9-8-12-4-6-14(18)7-5-12/h1-7,10,20H,8-9,11H2,(H,19,21). The lowest BCUT2D eigenvalue weighted by atomic mass is 10.1. The summed E-state index contributed by atoms with van der Waals surface area (Å²) < 4.78 is 0.982. The van der Waals surface area contributed by atoms with Crippen molar-refractivity contribution in [2.75, 3.05) is 18.4 Å². The normalized spacial score (nSPS) is 10.2. The molecule has 0 fully saturated rings. The number of nitrogens with one attached hydrogen (secondary N) is 2. The minimum absolute atomic E-state index is 0.0241. The van der Waals surface area contributed by atoms with Crippen LogP contribution in [0.3, 0.4) is 0 Å². The van der Waals surface area contributed by atoms with E-state index in [4.69, 9.17) is 11.6 Å². The van der Waals surface area contributed by atoms with Crippen molar-refractivity contribution in [2.24, 2.45) is 0 Å². The van der Waals surface area contributed by atoms with Gasteiger partial charge in [0.1, 0.15) is 0 Å². The zero-order valence-corrected chi connectivity index (χ0v) is 13.7. The molecule has 0 saturated carbocycles. The van der Waals surface area contributed by atoms with Crippen molar-refractivity contribution in [3.05, 3.63) is 63.6 Å². The van der Waals surface area contributed by atoms with E-state index in [-0.39, 0.29) is 12.5 Å². The van der Waals surface area contributed by atoms with Crippen LogP contribution in [-0.4, -0.2) is 19.0 Å². The Labute approximate surface area is 137 Å². The highest BCUT2D eigenvalue weighted by molar-refractivity contribution is 9.10. The second-order valence-corrected chi connectivity index (χ2v) is 5.94. The molecular formula is C16H16BrClN2O. The zero-order chi connectivity index (χ0) is 15.1. The molecule has 0 spiro atoms. The Hall–Kier alpha value is -1.52. The Morgan fingerprint density at radius 2 is 1.90 bits per heavy atom. The van der Waals surface area contributed by atoms with Crippen molar-refractivity contribution in [3.8, 4) is 0 Å². The van der Waals surface area contributed by atoms with Crippen LogP contribution in [0.1, 0.15) is 5.56 Å². The molecule has 0 atom stereocenters. The van der Waals surface area contributed by atoms with Crippen molar-refractivity contribution < 1.29 is 4.79 Å². The molecule has 1 amide bonds. The Bertz CT molecular complexity index is 601. The lowest BCUT2D eigenvalue weighted by Crippen LogP contribution is -2.31. The predicted molar refractivity (Wildman–Crippen MR) is 90.8 cm³/mol. The average Bonchev–Trinajstić information content (AvgIpc) is 2.47. The number of amides is 1. The highest BCUT2D eigenvalue weighted by Gasteiger charge is 2.01. The zero-order valence-electron chi connectivity index (χ0n) is 11.4. The van der Waals surface area contributed by atoms with E-state index in [0.29, 0.717) is 6.54 Å². The molecule has 0 aliphatic heterocycles. The fourth-order valence-electron chi connectivity index (χ4n) is 1.84. The van der Waals surface area contributed by atoms with Gasteiger partial charge in [0, 0.05) is 21.7 Å². The molecule has 2 rings (SSSR count). The van der Waals surface area contributed by atoms with Crippen LogP contribution in [0.15, 0.2) is 53.0 Å². The molecule has 0 aromatic heterocycles. The Kier molecular flexibility index (Phi) is 6.08. The third-order valence-corrected chi connectivity index (χ3v) is 3.67. The first-order chi connectivity index (χ1) is 10.1. The lowest BCUT2D eigenvalue weighted by molar-refractivity contribution is -0.119. The maximum absolute atomic E-state index is 11.7. The maximum atomic E-state index is 11.7. The van der Waals surface area contributed by atoms with E-state index >= 15 is 0 Å². The number of hydrogen-bond donors (Lipinski definition) is 2. The number of anilines is 1.